The van der Waals surface area contributed by atoms with Crippen molar-refractivity contribution >= 4 is 23.5 Å². The third kappa shape index (κ3) is 3.97. The second kappa shape index (κ2) is 6.94. The van der Waals surface area contributed by atoms with Crippen LogP contribution in [0.3, 0.4) is 0 Å². The van der Waals surface area contributed by atoms with Gasteiger partial charge in [-0.25, -0.2) is 0 Å². The fraction of sp³-hybridized carbons (Fsp3) is 0.500. The molecule has 0 spiro atoms. The zero-order valence-corrected chi connectivity index (χ0v) is 12.9. The number of carboxylic acid groups (broad SMARTS) is 1. The van der Waals surface area contributed by atoms with Gasteiger partial charge in [-0.05, 0) is 43.7 Å². The Kier molecular flexibility index (Phi) is 5.23. The summed E-state index contributed by atoms with van der Waals surface area (Å²) < 4.78 is 0. The van der Waals surface area contributed by atoms with Crippen molar-refractivity contribution in [1.82, 2.24) is 4.90 Å². The van der Waals surface area contributed by atoms with Gasteiger partial charge in [0.2, 0.25) is 0 Å². The smallest absolute Gasteiger partial charge is 0.303 e. The van der Waals surface area contributed by atoms with Gasteiger partial charge in [-0.1, -0.05) is 23.7 Å². The molecule has 0 atom stereocenters. The average Bonchev–Trinajstić information content (AvgIpc) is 2.48. The van der Waals surface area contributed by atoms with Crippen LogP contribution in [0.2, 0.25) is 5.02 Å². The third-order valence-corrected chi connectivity index (χ3v) is 4.59. The van der Waals surface area contributed by atoms with E-state index in [1.165, 1.54) is 0 Å². The molecule has 1 N–H and O–H groups in total. The number of carbonyl (C=O) groups excluding carboxylic acids is 1. The number of rotatable bonds is 4. The van der Waals surface area contributed by atoms with Crippen LogP contribution in [0.1, 0.15) is 41.6 Å². The standard InChI is InChI=1S/C16H20ClNO3/c1-11-3-2-4-13(15(11)17)16(21)18-9-7-12(8-10-18)5-6-14(19)20/h2-4,12H,5-10H2,1H3,(H,19,20). The number of piperidine rings is 1. The van der Waals surface area contributed by atoms with Crippen LogP contribution < -0.4 is 0 Å². The van der Waals surface area contributed by atoms with Crippen molar-refractivity contribution in [3.8, 4) is 0 Å². The molecule has 1 saturated heterocycles. The van der Waals surface area contributed by atoms with E-state index in [1.54, 1.807) is 6.07 Å². The van der Waals surface area contributed by atoms with Crippen LogP contribution >= 0.6 is 11.6 Å². The highest BCUT2D eigenvalue weighted by Gasteiger charge is 2.25. The number of aliphatic carboxylic acids is 1. The van der Waals surface area contributed by atoms with Crippen molar-refractivity contribution in [3.05, 3.63) is 34.3 Å². The van der Waals surface area contributed by atoms with E-state index < -0.39 is 5.97 Å². The zero-order valence-electron chi connectivity index (χ0n) is 12.1. The van der Waals surface area contributed by atoms with Crippen molar-refractivity contribution in [2.75, 3.05) is 13.1 Å². The molecule has 114 valence electrons. The number of benzene rings is 1. The molecule has 0 saturated carbocycles. The van der Waals surface area contributed by atoms with E-state index >= 15 is 0 Å². The lowest BCUT2D eigenvalue weighted by molar-refractivity contribution is -0.137. The first-order chi connectivity index (χ1) is 9.99. The molecule has 1 aliphatic rings. The summed E-state index contributed by atoms with van der Waals surface area (Å²) in [5.74, 6) is -0.376. The Morgan fingerprint density at radius 2 is 2.00 bits per heavy atom. The van der Waals surface area contributed by atoms with E-state index in [-0.39, 0.29) is 12.3 Å². The Morgan fingerprint density at radius 3 is 2.62 bits per heavy atom. The number of carbonyl (C=O) groups is 2. The van der Waals surface area contributed by atoms with Crippen molar-refractivity contribution in [1.29, 1.82) is 0 Å². The number of aryl methyl sites for hydroxylation is 1. The molecular formula is C16H20ClNO3. The highest BCUT2D eigenvalue weighted by atomic mass is 35.5. The SMILES string of the molecule is Cc1cccc(C(=O)N2CCC(CCC(=O)O)CC2)c1Cl. The number of hydrogen-bond acceptors (Lipinski definition) is 2. The van der Waals surface area contributed by atoms with Crippen molar-refractivity contribution in [3.63, 3.8) is 0 Å². The lowest BCUT2D eigenvalue weighted by Gasteiger charge is -2.32. The maximum atomic E-state index is 12.5. The zero-order chi connectivity index (χ0) is 15.4. The molecule has 5 heteroatoms. The summed E-state index contributed by atoms with van der Waals surface area (Å²) in [4.78, 5) is 24.9. The molecule has 0 radical (unpaired) electrons. The first-order valence-electron chi connectivity index (χ1n) is 7.25. The predicted molar refractivity (Wildman–Crippen MR) is 81.7 cm³/mol. The molecular weight excluding hydrogens is 290 g/mol. The van der Waals surface area contributed by atoms with Crippen molar-refractivity contribution in [2.45, 2.75) is 32.6 Å². The lowest BCUT2D eigenvalue weighted by atomic mass is 9.92. The molecule has 0 unspecified atom stereocenters. The third-order valence-electron chi connectivity index (χ3n) is 4.09. The molecule has 1 aliphatic heterocycles. The highest BCUT2D eigenvalue weighted by molar-refractivity contribution is 6.34. The minimum Gasteiger partial charge on any atom is -0.481 e. The fourth-order valence-corrected chi connectivity index (χ4v) is 2.94. The Balaban J connectivity index is 1.94. The Hall–Kier alpha value is -1.55. The molecule has 1 heterocycles. The van der Waals surface area contributed by atoms with Gasteiger partial charge in [-0.15, -0.1) is 0 Å². The van der Waals surface area contributed by atoms with E-state index in [0.717, 1.165) is 18.4 Å². The number of nitrogens with zero attached hydrogens (tertiary/aromatic N) is 1. The van der Waals surface area contributed by atoms with Crippen LogP contribution in [-0.4, -0.2) is 35.0 Å². The van der Waals surface area contributed by atoms with E-state index in [4.69, 9.17) is 16.7 Å². The normalized spacial score (nSPS) is 16.0. The maximum Gasteiger partial charge on any atom is 0.303 e. The van der Waals surface area contributed by atoms with Gasteiger partial charge in [-0.2, -0.15) is 0 Å². The quantitative estimate of drug-likeness (QED) is 0.927. The number of likely N-dealkylation sites (tertiary alicyclic amines) is 1. The molecule has 2 rings (SSSR count). The molecule has 0 bridgehead atoms. The molecule has 1 aromatic rings. The number of hydrogen-bond donors (Lipinski definition) is 1. The summed E-state index contributed by atoms with van der Waals surface area (Å²) in [6.45, 7) is 3.23. The number of carboxylic acids is 1. The van der Waals surface area contributed by atoms with Crippen LogP contribution in [0.4, 0.5) is 0 Å². The van der Waals surface area contributed by atoms with Gasteiger partial charge in [0.15, 0.2) is 0 Å². The summed E-state index contributed by atoms with van der Waals surface area (Å²) in [6, 6.07) is 5.49. The highest BCUT2D eigenvalue weighted by Crippen LogP contribution is 2.26. The average molecular weight is 310 g/mol. The van der Waals surface area contributed by atoms with E-state index in [9.17, 15) is 9.59 Å². The lowest BCUT2D eigenvalue weighted by Crippen LogP contribution is -2.38. The van der Waals surface area contributed by atoms with Gasteiger partial charge in [0.1, 0.15) is 0 Å². The number of amides is 1. The molecule has 1 amide bonds. The first kappa shape index (κ1) is 15.8. The Labute approximate surface area is 129 Å². The van der Waals surface area contributed by atoms with E-state index in [2.05, 4.69) is 0 Å². The molecule has 4 nitrogen and oxygen atoms in total. The van der Waals surface area contributed by atoms with Crippen LogP contribution in [-0.2, 0) is 4.79 Å². The van der Waals surface area contributed by atoms with E-state index in [0.29, 0.717) is 36.0 Å². The van der Waals surface area contributed by atoms with Gasteiger partial charge in [0, 0.05) is 19.5 Å². The summed E-state index contributed by atoms with van der Waals surface area (Å²) in [6.07, 6.45) is 2.63. The van der Waals surface area contributed by atoms with Crippen LogP contribution in [0, 0.1) is 12.8 Å². The second-order valence-electron chi connectivity index (χ2n) is 5.60. The molecule has 1 fully saturated rings. The van der Waals surface area contributed by atoms with Gasteiger partial charge >= 0.3 is 5.97 Å². The van der Waals surface area contributed by atoms with Crippen molar-refractivity contribution in [2.24, 2.45) is 5.92 Å². The maximum absolute atomic E-state index is 12.5. The summed E-state index contributed by atoms with van der Waals surface area (Å²) in [5, 5.41) is 9.23. The van der Waals surface area contributed by atoms with Crippen LogP contribution in [0.15, 0.2) is 18.2 Å². The van der Waals surface area contributed by atoms with Crippen LogP contribution in [0.5, 0.6) is 0 Å². The second-order valence-corrected chi connectivity index (χ2v) is 5.98. The van der Waals surface area contributed by atoms with Gasteiger partial charge in [-0.3, -0.25) is 9.59 Å². The molecule has 0 aromatic heterocycles. The van der Waals surface area contributed by atoms with Gasteiger partial charge < -0.3 is 10.0 Å². The fourth-order valence-electron chi connectivity index (χ4n) is 2.74. The summed E-state index contributed by atoms with van der Waals surface area (Å²) >= 11 is 6.21. The monoisotopic (exact) mass is 309 g/mol. The molecule has 21 heavy (non-hydrogen) atoms. The Bertz CT molecular complexity index is 536. The largest absolute Gasteiger partial charge is 0.481 e. The molecule has 0 aliphatic carbocycles. The molecule has 1 aromatic carbocycles. The minimum atomic E-state index is -0.750. The Morgan fingerprint density at radius 1 is 1.33 bits per heavy atom. The van der Waals surface area contributed by atoms with Gasteiger partial charge in [0.25, 0.3) is 5.91 Å². The predicted octanol–water partition coefficient (Wildman–Crippen LogP) is 3.37. The van der Waals surface area contributed by atoms with E-state index in [1.807, 2.05) is 24.0 Å². The summed E-state index contributed by atoms with van der Waals surface area (Å²) in [5.41, 5.74) is 1.46. The minimum absolute atomic E-state index is 0.0274. The van der Waals surface area contributed by atoms with Crippen LogP contribution in [0.25, 0.3) is 0 Å². The topological polar surface area (TPSA) is 57.6 Å². The summed E-state index contributed by atoms with van der Waals surface area (Å²) in [7, 11) is 0. The number of halogens is 1. The van der Waals surface area contributed by atoms with Crippen molar-refractivity contribution < 1.29 is 14.7 Å². The first-order valence-corrected chi connectivity index (χ1v) is 7.63. The van der Waals surface area contributed by atoms with Gasteiger partial charge in [0.05, 0.1) is 10.6 Å².